The number of sulfone groups is 1. The number of benzene rings is 1. The van der Waals surface area contributed by atoms with E-state index in [4.69, 9.17) is 4.74 Å². The standard InChI is InChI=1S/C15H23NO3S/c1-3-19-13-8-7-11-16(12-13)14-9-5-6-10-15(14)20(17,18)4-2/h5-6,9-10,13H,3-4,7-8,11-12H2,1-2H3. The molecule has 1 unspecified atom stereocenters. The van der Waals surface area contributed by atoms with Crippen molar-refractivity contribution in [3.8, 4) is 0 Å². The Kier molecular flexibility index (Phi) is 5.05. The van der Waals surface area contributed by atoms with Crippen molar-refractivity contribution >= 4 is 15.5 Å². The largest absolute Gasteiger partial charge is 0.377 e. The lowest BCUT2D eigenvalue weighted by molar-refractivity contribution is 0.0525. The first kappa shape index (κ1) is 15.3. The van der Waals surface area contributed by atoms with E-state index in [1.807, 2.05) is 19.1 Å². The fraction of sp³-hybridized carbons (Fsp3) is 0.600. The Balaban J connectivity index is 2.29. The van der Waals surface area contributed by atoms with Gasteiger partial charge in [0.25, 0.3) is 0 Å². The van der Waals surface area contributed by atoms with Crippen LogP contribution in [0.5, 0.6) is 0 Å². The van der Waals surface area contributed by atoms with E-state index in [0.717, 1.165) is 31.6 Å². The minimum atomic E-state index is -3.19. The summed E-state index contributed by atoms with van der Waals surface area (Å²) in [4.78, 5) is 2.59. The Morgan fingerprint density at radius 3 is 2.75 bits per heavy atom. The molecule has 1 aromatic rings. The van der Waals surface area contributed by atoms with Crippen molar-refractivity contribution in [2.45, 2.75) is 37.7 Å². The summed E-state index contributed by atoms with van der Waals surface area (Å²) in [5.41, 5.74) is 0.818. The fourth-order valence-electron chi connectivity index (χ4n) is 2.67. The summed E-state index contributed by atoms with van der Waals surface area (Å²) in [7, 11) is -3.19. The Hall–Kier alpha value is -1.07. The van der Waals surface area contributed by atoms with Gasteiger partial charge in [0, 0.05) is 19.7 Å². The first-order chi connectivity index (χ1) is 9.58. The van der Waals surface area contributed by atoms with Crippen LogP contribution in [0, 0.1) is 0 Å². The van der Waals surface area contributed by atoms with Crippen LogP contribution >= 0.6 is 0 Å². The zero-order chi connectivity index (χ0) is 14.6. The van der Waals surface area contributed by atoms with Crippen LogP contribution in [0.15, 0.2) is 29.2 Å². The number of para-hydroxylation sites is 1. The summed E-state index contributed by atoms with van der Waals surface area (Å²) in [6.07, 6.45) is 2.28. The topological polar surface area (TPSA) is 46.6 Å². The number of hydrogen-bond acceptors (Lipinski definition) is 4. The van der Waals surface area contributed by atoms with Gasteiger partial charge in [-0.3, -0.25) is 0 Å². The second-order valence-electron chi connectivity index (χ2n) is 5.04. The van der Waals surface area contributed by atoms with Crippen LogP contribution in [0.2, 0.25) is 0 Å². The number of nitrogens with zero attached hydrogens (tertiary/aromatic N) is 1. The summed E-state index contributed by atoms with van der Waals surface area (Å²) in [6.45, 7) is 6.04. The molecule has 0 bridgehead atoms. The minimum Gasteiger partial charge on any atom is -0.377 e. The van der Waals surface area contributed by atoms with Crippen LogP contribution in [0.3, 0.4) is 0 Å². The molecule has 2 rings (SSSR count). The first-order valence-corrected chi connectivity index (χ1v) is 8.92. The Morgan fingerprint density at radius 1 is 1.30 bits per heavy atom. The van der Waals surface area contributed by atoms with Crippen molar-refractivity contribution < 1.29 is 13.2 Å². The zero-order valence-corrected chi connectivity index (χ0v) is 13.0. The van der Waals surface area contributed by atoms with Crippen molar-refractivity contribution in [3.05, 3.63) is 24.3 Å². The van der Waals surface area contributed by atoms with Gasteiger partial charge in [0.1, 0.15) is 0 Å². The monoisotopic (exact) mass is 297 g/mol. The molecule has 0 saturated carbocycles. The molecule has 1 heterocycles. The molecule has 1 aliphatic heterocycles. The highest BCUT2D eigenvalue weighted by Crippen LogP contribution is 2.29. The molecule has 0 amide bonds. The number of rotatable bonds is 5. The molecule has 20 heavy (non-hydrogen) atoms. The van der Waals surface area contributed by atoms with Gasteiger partial charge in [0.2, 0.25) is 0 Å². The molecule has 112 valence electrons. The normalized spacial score (nSPS) is 20.1. The predicted octanol–water partition coefficient (Wildman–Crippen LogP) is 2.49. The number of ether oxygens (including phenoxy) is 1. The average molecular weight is 297 g/mol. The van der Waals surface area contributed by atoms with Gasteiger partial charge in [-0.2, -0.15) is 0 Å². The van der Waals surface area contributed by atoms with E-state index in [9.17, 15) is 8.42 Å². The Labute approximate surface area is 121 Å². The van der Waals surface area contributed by atoms with E-state index in [2.05, 4.69) is 4.90 Å². The van der Waals surface area contributed by atoms with Gasteiger partial charge in [-0.25, -0.2) is 8.42 Å². The lowest BCUT2D eigenvalue weighted by Crippen LogP contribution is -2.40. The van der Waals surface area contributed by atoms with E-state index >= 15 is 0 Å². The summed E-state index contributed by atoms with van der Waals surface area (Å²) in [5, 5.41) is 0. The van der Waals surface area contributed by atoms with E-state index in [1.54, 1.807) is 19.1 Å². The van der Waals surface area contributed by atoms with E-state index in [-0.39, 0.29) is 11.9 Å². The molecule has 1 saturated heterocycles. The molecule has 0 aliphatic carbocycles. The Bertz CT molecular complexity index is 540. The molecule has 4 nitrogen and oxygen atoms in total. The van der Waals surface area contributed by atoms with Crippen LogP contribution in [0.1, 0.15) is 26.7 Å². The third-order valence-corrected chi connectivity index (χ3v) is 5.48. The first-order valence-electron chi connectivity index (χ1n) is 7.26. The lowest BCUT2D eigenvalue weighted by Gasteiger charge is -2.35. The quantitative estimate of drug-likeness (QED) is 0.837. The molecule has 1 aliphatic rings. The molecule has 1 atom stereocenters. The zero-order valence-electron chi connectivity index (χ0n) is 12.2. The van der Waals surface area contributed by atoms with Crippen molar-refractivity contribution in [1.82, 2.24) is 0 Å². The van der Waals surface area contributed by atoms with Gasteiger partial charge in [-0.15, -0.1) is 0 Å². The second kappa shape index (κ2) is 6.59. The van der Waals surface area contributed by atoms with Crippen LogP contribution in [-0.2, 0) is 14.6 Å². The highest BCUT2D eigenvalue weighted by Gasteiger charge is 2.25. The third-order valence-electron chi connectivity index (χ3n) is 3.70. The van der Waals surface area contributed by atoms with Crippen molar-refractivity contribution in [3.63, 3.8) is 0 Å². The molecular formula is C15H23NO3S. The maximum Gasteiger partial charge on any atom is 0.180 e. The van der Waals surface area contributed by atoms with Gasteiger partial charge in [-0.1, -0.05) is 19.1 Å². The molecule has 0 radical (unpaired) electrons. The third kappa shape index (κ3) is 3.33. The van der Waals surface area contributed by atoms with Gasteiger partial charge < -0.3 is 9.64 Å². The molecule has 5 heteroatoms. The predicted molar refractivity (Wildman–Crippen MR) is 81.0 cm³/mol. The van der Waals surface area contributed by atoms with E-state index in [0.29, 0.717) is 11.5 Å². The fourth-order valence-corrected chi connectivity index (χ4v) is 3.78. The molecular weight excluding hydrogens is 274 g/mol. The van der Waals surface area contributed by atoms with Gasteiger partial charge in [0.15, 0.2) is 9.84 Å². The minimum absolute atomic E-state index is 0.132. The van der Waals surface area contributed by atoms with Crippen molar-refractivity contribution in [2.24, 2.45) is 0 Å². The summed E-state index contributed by atoms with van der Waals surface area (Å²) < 4.78 is 30.1. The van der Waals surface area contributed by atoms with Gasteiger partial charge in [-0.05, 0) is 31.9 Å². The maximum absolute atomic E-state index is 12.2. The highest BCUT2D eigenvalue weighted by atomic mass is 32.2. The molecule has 0 aromatic heterocycles. The van der Waals surface area contributed by atoms with Gasteiger partial charge in [0.05, 0.1) is 22.4 Å². The van der Waals surface area contributed by atoms with Crippen LogP contribution in [0.25, 0.3) is 0 Å². The smallest absolute Gasteiger partial charge is 0.180 e. The molecule has 0 N–H and O–H groups in total. The molecule has 1 fully saturated rings. The average Bonchev–Trinajstić information content (AvgIpc) is 2.48. The number of hydrogen-bond donors (Lipinski definition) is 0. The Morgan fingerprint density at radius 2 is 2.05 bits per heavy atom. The summed E-state index contributed by atoms with van der Waals surface area (Å²) in [6, 6.07) is 7.29. The highest BCUT2D eigenvalue weighted by molar-refractivity contribution is 7.91. The maximum atomic E-state index is 12.2. The molecule has 1 aromatic carbocycles. The number of piperidine rings is 1. The summed E-state index contributed by atoms with van der Waals surface area (Å²) >= 11 is 0. The van der Waals surface area contributed by atoms with Crippen LogP contribution < -0.4 is 4.90 Å². The summed E-state index contributed by atoms with van der Waals surface area (Å²) in [5.74, 6) is 0.132. The number of anilines is 1. The van der Waals surface area contributed by atoms with E-state index < -0.39 is 9.84 Å². The van der Waals surface area contributed by atoms with Crippen molar-refractivity contribution in [2.75, 3.05) is 30.3 Å². The lowest BCUT2D eigenvalue weighted by atomic mass is 10.1. The second-order valence-corrected chi connectivity index (χ2v) is 7.28. The van der Waals surface area contributed by atoms with Gasteiger partial charge >= 0.3 is 0 Å². The van der Waals surface area contributed by atoms with Crippen LogP contribution in [-0.4, -0.2) is 40.0 Å². The molecule has 0 spiro atoms. The van der Waals surface area contributed by atoms with Crippen molar-refractivity contribution in [1.29, 1.82) is 0 Å². The SMILES string of the molecule is CCOC1CCCN(c2ccccc2S(=O)(=O)CC)C1. The van der Waals surface area contributed by atoms with E-state index in [1.165, 1.54) is 0 Å². The van der Waals surface area contributed by atoms with Crippen LogP contribution in [0.4, 0.5) is 5.69 Å².